The second-order valence-corrected chi connectivity index (χ2v) is 6.01. The van der Waals surface area contributed by atoms with E-state index in [1.807, 2.05) is 30.9 Å². The standard InChI is InChI=1S/C17H16N4S/c1-12(20-8-4-13-2-6-18-11-16(13)20)10-14-3-7-19-17-15(14)5-9-21(17)22/h2-9,11-12,22H,10H2,1H3. The van der Waals surface area contributed by atoms with E-state index in [-0.39, 0.29) is 0 Å². The highest BCUT2D eigenvalue weighted by molar-refractivity contribution is 7.78. The van der Waals surface area contributed by atoms with Crippen LogP contribution in [0.2, 0.25) is 0 Å². The highest BCUT2D eigenvalue weighted by atomic mass is 32.1. The lowest BCUT2D eigenvalue weighted by molar-refractivity contribution is 0.564. The first-order valence-electron chi connectivity index (χ1n) is 7.29. The van der Waals surface area contributed by atoms with Crippen molar-refractivity contribution in [1.82, 2.24) is 18.5 Å². The molecule has 0 fully saturated rings. The number of rotatable bonds is 3. The third-order valence-electron chi connectivity index (χ3n) is 4.17. The van der Waals surface area contributed by atoms with Gasteiger partial charge in [0.2, 0.25) is 0 Å². The Labute approximate surface area is 134 Å². The molecule has 0 N–H and O–H groups in total. The summed E-state index contributed by atoms with van der Waals surface area (Å²) in [6.45, 7) is 2.23. The normalized spacial score (nSPS) is 13.0. The molecule has 22 heavy (non-hydrogen) atoms. The van der Waals surface area contributed by atoms with Gasteiger partial charge in [0.1, 0.15) is 5.65 Å². The van der Waals surface area contributed by atoms with Crippen molar-refractivity contribution in [3.05, 3.63) is 60.8 Å². The Balaban J connectivity index is 1.73. The molecule has 4 rings (SSSR count). The van der Waals surface area contributed by atoms with Gasteiger partial charge < -0.3 is 4.57 Å². The lowest BCUT2D eigenvalue weighted by Gasteiger charge is -2.16. The molecule has 0 saturated carbocycles. The van der Waals surface area contributed by atoms with E-state index in [1.165, 1.54) is 21.9 Å². The second kappa shape index (κ2) is 5.18. The SMILES string of the molecule is CC(Cc1ccnc2c1ccn2S)n1ccc2ccncc21. The monoisotopic (exact) mass is 308 g/mol. The highest BCUT2D eigenvalue weighted by Crippen LogP contribution is 2.25. The van der Waals surface area contributed by atoms with Gasteiger partial charge in [-0.1, -0.05) is 12.8 Å². The molecule has 0 radical (unpaired) electrons. The van der Waals surface area contributed by atoms with Crippen molar-refractivity contribution in [2.45, 2.75) is 19.4 Å². The van der Waals surface area contributed by atoms with Crippen LogP contribution < -0.4 is 0 Å². The van der Waals surface area contributed by atoms with E-state index in [2.05, 4.69) is 58.7 Å². The molecule has 4 nitrogen and oxygen atoms in total. The van der Waals surface area contributed by atoms with Crippen LogP contribution in [0.4, 0.5) is 0 Å². The van der Waals surface area contributed by atoms with Crippen molar-refractivity contribution < 1.29 is 0 Å². The minimum atomic E-state index is 0.343. The molecule has 1 unspecified atom stereocenters. The molecule has 0 aromatic carbocycles. The second-order valence-electron chi connectivity index (χ2n) is 5.58. The van der Waals surface area contributed by atoms with Gasteiger partial charge in [-0.05, 0) is 43.2 Å². The Morgan fingerprint density at radius 1 is 1.14 bits per heavy atom. The molecule has 110 valence electrons. The quantitative estimate of drug-likeness (QED) is 0.583. The van der Waals surface area contributed by atoms with E-state index < -0.39 is 0 Å². The largest absolute Gasteiger partial charge is 0.343 e. The first-order chi connectivity index (χ1) is 10.7. The van der Waals surface area contributed by atoms with Crippen LogP contribution in [-0.4, -0.2) is 18.5 Å². The Bertz CT molecular complexity index is 954. The minimum Gasteiger partial charge on any atom is -0.343 e. The van der Waals surface area contributed by atoms with Crippen LogP contribution in [0.3, 0.4) is 0 Å². The van der Waals surface area contributed by atoms with Crippen LogP contribution in [0.15, 0.2) is 55.2 Å². The topological polar surface area (TPSA) is 35.6 Å². The molecule has 0 aliphatic heterocycles. The smallest absolute Gasteiger partial charge is 0.149 e. The van der Waals surface area contributed by atoms with Crippen molar-refractivity contribution in [3.8, 4) is 0 Å². The van der Waals surface area contributed by atoms with Crippen molar-refractivity contribution in [3.63, 3.8) is 0 Å². The Morgan fingerprint density at radius 2 is 2.05 bits per heavy atom. The molecular weight excluding hydrogens is 292 g/mol. The summed E-state index contributed by atoms with van der Waals surface area (Å²) in [5, 5.41) is 2.39. The van der Waals surface area contributed by atoms with Gasteiger partial charge >= 0.3 is 0 Å². The van der Waals surface area contributed by atoms with Gasteiger partial charge in [-0.15, -0.1) is 0 Å². The Hall–Kier alpha value is -2.27. The summed E-state index contributed by atoms with van der Waals surface area (Å²) in [6, 6.07) is 8.70. The van der Waals surface area contributed by atoms with E-state index in [4.69, 9.17) is 0 Å². The summed E-state index contributed by atoms with van der Waals surface area (Å²) in [4.78, 5) is 8.64. The summed E-state index contributed by atoms with van der Waals surface area (Å²) in [5.74, 6) is 0. The van der Waals surface area contributed by atoms with E-state index in [0.717, 1.165) is 12.1 Å². The molecule has 4 aromatic rings. The zero-order chi connectivity index (χ0) is 15.1. The lowest BCUT2D eigenvalue weighted by Crippen LogP contribution is -2.07. The van der Waals surface area contributed by atoms with Crippen LogP contribution in [0, 0.1) is 0 Å². The number of nitrogens with zero attached hydrogens (tertiary/aromatic N) is 4. The van der Waals surface area contributed by atoms with Gasteiger partial charge in [0.25, 0.3) is 0 Å². The van der Waals surface area contributed by atoms with Crippen LogP contribution in [-0.2, 0) is 6.42 Å². The molecular formula is C17H16N4S. The highest BCUT2D eigenvalue weighted by Gasteiger charge is 2.12. The maximum Gasteiger partial charge on any atom is 0.149 e. The Kier molecular flexibility index (Phi) is 3.15. The lowest BCUT2D eigenvalue weighted by atomic mass is 10.1. The van der Waals surface area contributed by atoms with Crippen molar-refractivity contribution >= 4 is 34.8 Å². The fourth-order valence-electron chi connectivity index (χ4n) is 3.05. The van der Waals surface area contributed by atoms with E-state index in [0.29, 0.717) is 6.04 Å². The van der Waals surface area contributed by atoms with Gasteiger partial charge in [-0.3, -0.25) is 8.96 Å². The molecule has 4 heterocycles. The number of pyridine rings is 2. The summed E-state index contributed by atoms with van der Waals surface area (Å²) >= 11 is 4.39. The first kappa shape index (κ1) is 13.4. The number of aromatic nitrogens is 4. The maximum atomic E-state index is 4.39. The molecule has 4 aromatic heterocycles. The maximum absolute atomic E-state index is 4.39. The minimum absolute atomic E-state index is 0.343. The third kappa shape index (κ3) is 2.09. The van der Waals surface area contributed by atoms with Crippen molar-refractivity contribution in [2.24, 2.45) is 0 Å². The van der Waals surface area contributed by atoms with Crippen LogP contribution in [0.5, 0.6) is 0 Å². The van der Waals surface area contributed by atoms with E-state index in [1.54, 1.807) is 3.97 Å². The summed E-state index contributed by atoms with van der Waals surface area (Å²) < 4.78 is 4.05. The summed E-state index contributed by atoms with van der Waals surface area (Å²) in [6.07, 6.45) is 10.6. The van der Waals surface area contributed by atoms with Crippen molar-refractivity contribution in [2.75, 3.05) is 0 Å². The number of thiol groups is 1. The molecule has 1 atom stereocenters. The fraction of sp³-hybridized carbons (Fsp3) is 0.176. The van der Waals surface area contributed by atoms with E-state index >= 15 is 0 Å². The molecule has 0 spiro atoms. The Morgan fingerprint density at radius 3 is 2.95 bits per heavy atom. The fourth-order valence-corrected chi connectivity index (χ4v) is 3.28. The van der Waals surface area contributed by atoms with Gasteiger partial charge in [0.05, 0.1) is 11.7 Å². The predicted octanol–water partition coefficient (Wildman–Crippen LogP) is 3.88. The summed E-state index contributed by atoms with van der Waals surface area (Å²) in [5.41, 5.74) is 3.37. The van der Waals surface area contributed by atoms with Gasteiger partial charge in [-0.2, -0.15) is 0 Å². The molecule has 0 bridgehead atoms. The van der Waals surface area contributed by atoms with Crippen LogP contribution in [0.1, 0.15) is 18.5 Å². The van der Waals surface area contributed by atoms with Gasteiger partial charge in [0.15, 0.2) is 0 Å². The predicted molar refractivity (Wildman–Crippen MR) is 92.3 cm³/mol. The van der Waals surface area contributed by atoms with Gasteiger partial charge in [-0.25, -0.2) is 4.98 Å². The zero-order valence-corrected chi connectivity index (χ0v) is 13.1. The van der Waals surface area contributed by atoms with Crippen LogP contribution in [0.25, 0.3) is 21.9 Å². The van der Waals surface area contributed by atoms with Crippen molar-refractivity contribution in [1.29, 1.82) is 0 Å². The van der Waals surface area contributed by atoms with Crippen LogP contribution >= 0.6 is 12.8 Å². The number of hydrogen-bond acceptors (Lipinski definition) is 3. The first-order valence-corrected chi connectivity index (χ1v) is 7.69. The number of fused-ring (bicyclic) bond motifs is 2. The number of hydrogen-bond donors (Lipinski definition) is 1. The third-order valence-corrected chi connectivity index (χ3v) is 4.50. The molecule has 0 saturated heterocycles. The molecule has 0 amide bonds. The average molecular weight is 308 g/mol. The van der Waals surface area contributed by atoms with E-state index in [9.17, 15) is 0 Å². The molecule has 5 heteroatoms. The molecule has 0 aliphatic carbocycles. The summed E-state index contributed by atoms with van der Waals surface area (Å²) in [7, 11) is 0. The zero-order valence-electron chi connectivity index (χ0n) is 12.2. The average Bonchev–Trinajstić information content (AvgIpc) is 3.12. The van der Waals surface area contributed by atoms with Gasteiger partial charge in [0, 0.05) is 41.6 Å². The molecule has 0 aliphatic rings.